The van der Waals surface area contributed by atoms with Gasteiger partial charge in [-0.3, -0.25) is 4.90 Å². The Labute approximate surface area is 93.4 Å². The van der Waals surface area contributed by atoms with Crippen LogP contribution in [0, 0.1) is 0 Å². The van der Waals surface area contributed by atoms with Gasteiger partial charge in [-0.25, -0.2) is 0 Å². The summed E-state index contributed by atoms with van der Waals surface area (Å²) in [5.74, 6) is 0. The Morgan fingerprint density at radius 2 is 2.20 bits per heavy atom. The summed E-state index contributed by atoms with van der Waals surface area (Å²) in [5.41, 5.74) is 0. The maximum atomic E-state index is 9.81. The largest absolute Gasteiger partial charge is 0.389 e. The summed E-state index contributed by atoms with van der Waals surface area (Å²) in [6.45, 7) is 8.59. The fraction of sp³-hybridized carbons (Fsp3) is 1.00. The number of rotatable bonds is 6. The Bertz CT molecular complexity index is 173. The number of aliphatic hydroxyl groups is 1. The van der Waals surface area contributed by atoms with Crippen molar-refractivity contribution in [1.82, 2.24) is 4.90 Å². The molecule has 2 atom stereocenters. The average Bonchev–Trinajstić information content (AvgIpc) is 2.62. The molecule has 1 aliphatic rings. The van der Waals surface area contributed by atoms with Gasteiger partial charge in [0.25, 0.3) is 0 Å². The summed E-state index contributed by atoms with van der Waals surface area (Å²) >= 11 is 0. The zero-order valence-electron chi connectivity index (χ0n) is 10.3. The maximum absolute atomic E-state index is 9.81. The van der Waals surface area contributed by atoms with E-state index in [0.717, 1.165) is 13.1 Å². The van der Waals surface area contributed by atoms with Crippen LogP contribution < -0.4 is 0 Å². The van der Waals surface area contributed by atoms with Crippen molar-refractivity contribution in [1.29, 1.82) is 0 Å². The molecule has 90 valence electrons. The van der Waals surface area contributed by atoms with E-state index in [1.807, 2.05) is 13.8 Å². The molecular weight excluding hydrogens is 190 g/mol. The van der Waals surface area contributed by atoms with Gasteiger partial charge in [-0.1, -0.05) is 6.92 Å². The first-order chi connectivity index (χ1) is 7.13. The third-order valence-electron chi connectivity index (χ3n) is 3.04. The first-order valence-electron chi connectivity index (χ1n) is 6.17. The fourth-order valence-corrected chi connectivity index (χ4v) is 2.22. The lowest BCUT2D eigenvalue weighted by molar-refractivity contribution is -0.0101. The van der Waals surface area contributed by atoms with Crippen molar-refractivity contribution in [3.05, 3.63) is 0 Å². The minimum absolute atomic E-state index is 0.209. The quantitative estimate of drug-likeness (QED) is 0.731. The highest BCUT2D eigenvalue weighted by Gasteiger charge is 2.24. The van der Waals surface area contributed by atoms with Crippen LogP contribution in [0.1, 0.15) is 40.0 Å². The Morgan fingerprint density at radius 3 is 2.80 bits per heavy atom. The van der Waals surface area contributed by atoms with Crippen LogP contribution >= 0.6 is 0 Å². The third kappa shape index (κ3) is 4.49. The van der Waals surface area contributed by atoms with Crippen LogP contribution in [-0.4, -0.2) is 48.0 Å². The molecule has 0 aromatic heterocycles. The summed E-state index contributed by atoms with van der Waals surface area (Å²) in [5, 5.41) is 9.81. The highest BCUT2D eigenvalue weighted by molar-refractivity contribution is 4.79. The van der Waals surface area contributed by atoms with Gasteiger partial charge < -0.3 is 9.84 Å². The van der Waals surface area contributed by atoms with Crippen LogP contribution in [-0.2, 0) is 4.74 Å². The summed E-state index contributed by atoms with van der Waals surface area (Å²) in [6, 6.07) is 0.679. The van der Waals surface area contributed by atoms with Gasteiger partial charge in [0.2, 0.25) is 0 Å². The van der Waals surface area contributed by atoms with Crippen molar-refractivity contribution in [2.75, 3.05) is 19.7 Å². The highest BCUT2D eigenvalue weighted by Crippen LogP contribution is 2.19. The lowest BCUT2D eigenvalue weighted by atomic mass is 10.1. The Balaban J connectivity index is 2.21. The van der Waals surface area contributed by atoms with E-state index < -0.39 is 0 Å². The van der Waals surface area contributed by atoms with Crippen LogP contribution in [0.5, 0.6) is 0 Å². The molecule has 1 heterocycles. The fourth-order valence-electron chi connectivity index (χ4n) is 2.22. The topological polar surface area (TPSA) is 32.7 Å². The van der Waals surface area contributed by atoms with Crippen molar-refractivity contribution < 1.29 is 9.84 Å². The molecule has 0 aromatic rings. The first-order valence-corrected chi connectivity index (χ1v) is 6.17. The lowest BCUT2D eigenvalue weighted by Gasteiger charge is -2.26. The Morgan fingerprint density at radius 1 is 1.47 bits per heavy atom. The number of ether oxygens (including phenoxy) is 1. The van der Waals surface area contributed by atoms with Gasteiger partial charge in [-0.2, -0.15) is 0 Å². The predicted octanol–water partition coefficient (Wildman–Crippen LogP) is 1.65. The molecule has 15 heavy (non-hydrogen) atoms. The summed E-state index contributed by atoms with van der Waals surface area (Å²) in [6.07, 6.45) is 3.63. The van der Waals surface area contributed by atoms with E-state index in [1.54, 1.807) is 0 Å². The number of hydrogen-bond donors (Lipinski definition) is 1. The van der Waals surface area contributed by atoms with E-state index in [2.05, 4.69) is 11.8 Å². The summed E-state index contributed by atoms with van der Waals surface area (Å²) < 4.78 is 5.41. The van der Waals surface area contributed by atoms with Crippen LogP contribution in [0.4, 0.5) is 0 Å². The molecule has 1 N–H and O–H groups in total. The highest BCUT2D eigenvalue weighted by atomic mass is 16.5. The van der Waals surface area contributed by atoms with E-state index >= 15 is 0 Å². The minimum Gasteiger partial charge on any atom is -0.389 e. The van der Waals surface area contributed by atoms with Gasteiger partial charge in [-0.05, 0) is 39.7 Å². The first kappa shape index (κ1) is 12.9. The van der Waals surface area contributed by atoms with E-state index in [0.29, 0.717) is 12.6 Å². The maximum Gasteiger partial charge on any atom is 0.0900 e. The molecule has 0 saturated carbocycles. The van der Waals surface area contributed by atoms with Gasteiger partial charge in [0.05, 0.1) is 18.8 Å². The van der Waals surface area contributed by atoms with Crippen LogP contribution in [0.25, 0.3) is 0 Å². The molecule has 3 nitrogen and oxygen atoms in total. The summed E-state index contributed by atoms with van der Waals surface area (Å²) in [7, 11) is 0. The monoisotopic (exact) mass is 215 g/mol. The molecule has 0 amide bonds. The van der Waals surface area contributed by atoms with Crippen molar-refractivity contribution >= 4 is 0 Å². The van der Waals surface area contributed by atoms with Crippen molar-refractivity contribution in [2.45, 2.75) is 58.3 Å². The molecule has 0 spiro atoms. The second kappa shape index (κ2) is 6.46. The second-order valence-corrected chi connectivity index (χ2v) is 4.74. The lowest BCUT2D eigenvalue weighted by Crippen LogP contribution is -2.38. The molecule has 3 heteroatoms. The summed E-state index contributed by atoms with van der Waals surface area (Å²) in [4.78, 5) is 2.40. The minimum atomic E-state index is -0.334. The van der Waals surface area contributed by atoms with Crippen molar-refractivity contribution in [3.63, 3.8) is 0 Å². The molecular formula is C12H25NO2. The molecule has 1 saturated heterocycles. The number of aliphatic hydroxyl groups excluding tert-OH is 1. The number of β-amino-alcohol motifs (C(OH)–C–C–N with tert-alkyl or cyclic N) is 1. The second-order valence-electron chi connectivity index (χ2n) is 4.74. The standard InChI is InChI=1S/C12H25NO2/c1-4-11-6-5-7-13(11)8-12(14)9-15-10(2)3/h10-12,14H,4-9H2,1-3H3. The SMILES string of the molecule is CCC1CCCN1CC(O)COC(C)C. The molecule has 1 fully saturated rings. The van der Waals surface area contributed by atoms with Crippen LogP contribution in [0.3, 0.4) is 0 Å². The molecule has 1 aliphatic heterocycles. The van der Waals surface area contributed by atoms with E-state index in [1.165, 1.54) is 19.3 Å². The molecule has 0 aromatic carbocycles. The third-order valence-corrected chi connectivity index (χ3v) is 3.04. The van der Waals surface area contributed by atoms with E-state index in [-0.39, 0.29) is 12.2 Å². The smallest absolute Gasteiger partial charge is 0.0900 e. The molecule has 0 aliphatic carbocycles. The van der Waals surface area contributed by atoms with Gasteiger partial charge >= 0.3 is 0 Å². The Hall–Kier alpha value is -0.120. The van der Waals surface area contributed by atoms with Crippen molar-refractivity contribution in [3.8, 4) is 0 Å². The van der Waals surface area contributed by atoms with Crippen LogP contribution in [0.2, 0.25) is 0 Å². The zero-order valence-corrected chi connectivity index (χ0v) is 10.3. The zero-order chi connectivity index (χ0) is 11.3. The van der Waals surface area contributed by atoms with Crippen LogP contribution in [0.15, 0.2) is 0 Å². The van der Waals surface area contributed by atoms with E-state index in [9.17, 15) is 5.11 Å². The molecule has 1 rings (SSSR count). The normalized spacial score (nSPS) is 25.0. The molecule has 0 radical (unpaired) electrons. The number of likely N-dealkylation sites (tertiary alicyclic amines) is 1. The van der Waals surface area contributed by atoms with Crippen molar-refractivity contribution in [2.24, 2.45) is 0 Å². The van der Waals surface area contributed by atoms with Gasteiger partial charge in [0, 0.05) is 12.6 Å². The van der Waals surface area contributed by atoms with Gasteiger partial charge in [0.1, 0.15) is 0 Å². The average molecular weight is 215 g/mol. The number of hydrogen-bond acceptors (Lipinski definition) is 3. The predicted molar refractivity (Wildman–Crippen MR) is 62.0 cm³/mol. The molecule has 2 unspecified atom stereocenters. The van der Waals surface area contributed by atoms with E-state index in [4.69, 9.17) is 4.74 Å². The number of nitrogens with zero attached hydrogens (tertiary/aromatic N) is 1. The molecule has 0 bridgehead atoms. The Kier molecular flexibility index (Phi) is 5.58. The van der Waals surface area contributed by atoms with Gasteiger partial charge in [-0.15, -0.1) is 0 Å². The van der Waals surface area contributed by atoms with Gasteiger partial charge in [0.15, 0.2) is 0 Å².